The van der Waals surface area contributed by atoms with Gasteiger partial charge in [-0.25, -0.2) is 0 Å². The van der Waals surface area contributed by atoms with Gasteiger partial charge in [-0.15, -0.1) is 5.10 Å². The van der Waals surface area contributed by atoms with Crippen molar-refractivity contribution in [2.45, 2.75) is 33.1 Å². The highest BCUT2D eigenvalue weighted by molar-refractivity contribution is 7.07. The summed E-state index contributed by atoms with van der Waals surface area (Å²) in [5.74, 6) is -0.0476. The van der Waals surface area contributed by atoms with Crippen LogP contribution in [0.1, 0.15) is 41.6 Å². The maximum atomic E-state index is 11.5. The van der Waals surface area contributed by atoms with Gasteiger partial charge in [0.05, 0.1) is 5.69 Å². The number of aryl methyl sites for hydroxylation is 1. The molecule has 0 saturated heterocycles. The summed E-state index contributed by atoms with van der Waals surface area (Å²) in [7, 11) is 0. The molecule has 0 aliphatic heterocycles. The highest BCUT2D eigenvalue weighted by Crippen LogP contribution is 2.08. The number of rotatable bonds is 5. The van der Waals surface area contributed by atoms with Crippen molar-refractivity contribution >= 4 is 17.4 Å². The Bertz CT molecular complexity index is 298. The van der Waals surface area contributed by atoms with Gasteiger partial charge >= 0.3 is 0 Å². The van der Waals surface area contributed by atoms with Gasteiger partial charge in [-0.3, -0.25) is 4.79 Å². The molecule has 0 radical (unpaired) electrons. The van der Waals surface area contributed by atoms with Crippen LogP contribution in [0.25, 0.3) is 0 Å². The van der Waals surface area contributed by atoms with Crippen LogP contribution in [0.5, 0.6) is 0 Å². The van der Waals surface area contributed by atoms with Gasteiger partial charge in [-0.1, -0.05) is 24.3 Å². The second-order valence-electron chi connectivity index (χ2n) is 3.15. The molecule has 5 heteroatoms. The summed E-state index contributed by atoms with van der Waals surface area (Å²) in [6.07, 6.45) is 3.35. The van der Waals surface area contributed by atoms with E-state index in [1.165, 1.54) is 0 Å². The lowest BCUT2D eigenvalue weighted by Crippen LogP contribution is -2.24. The van der Waals surface area contributed by atoms with E-state index < -0.39 is 0 Å². The van der Waals surface area contributed by atoms with Crippen LogP contribution in [0.3, 0.4) is 0 Å². The summed E-state index contributed by atoms with van der Waals surface area (Å²) < 4.78 is 3.72. The second-order valence-corrected chi connectivity index (χ2v) is 3.90. The van der Waals surface area contributed by atoms with E-state index in [4.69, 9.17) is 0 Å². The molecule has 0 bridgehead atoms. The summed E-state index contributed by atoms with van der Waals surface area (Å²) in [5, 5.41) is 6.64. The van der Waals surface area contributed by atoms with Crippen LogP contribution in [0.2, 0.25) is 0 Å². The van der Waals surface area contributed by atoms with Crippen LogP contribution in [0.15, 0.2) is 0 Å². The fourth-order valence-electron chi connectivity index (χ4n) is 1.10. The molecule has 4 nitrogen and oxygen atoms in total. The van der Waals surface area contributed by atoms with Gasteiger partial charge in [-0.2, -0.15) is 0 Å². The Balaban J connectivity index is 2.32. The predicted molar refractivity (Wildman–Crippen MR) is 56.5 cm³/mol. The second kappa shape index (κ2) is 5.70. The number of nitrogens with zero attached hydrogens (tertiary/aromatic N) is 2. The first-order chi connectivity index (χ1) is 6.75. The highest BCUT2D eigenvalue weighted by atomic mass is 32.1. The van der Waals surface area contributed by atoms with Crippen molar-refractivity contribution in [2.75, 3.05) is 6.54 Å². The quantitative estimate of drug-likeness (QED) is 0.758. The number of unbranched alkanes of at least 4 members (excludes halogenated alkanes) is 2. The van der Waals surface area contributed by atoms with Crippen LogP contribution in [0.4, 0.5) is 0 Å². The van der Waals surface area contributed by atoms with Crippen molar-refractivity contribution in [3.63, 3.8) is 0 Å². The monoisotopic (exact) mass is 213 g/mol. The summed E-state index contributed by atoms with van der Waals surface area (Å²) >= 11 is 1.15. The van der Waals surface area contributed by atoms with Gasteiger partial charge in [0.15, 0.2) is 0 Å². The Labute approximate surface area is 87.9 Å². The third-order valence-corrected chi connectivity index (χ3v) is 2.75. The average Bonchev–Trinajstić information content (AvgIpc) is 2.59. The van der Waals surface area contributed by atoms with Crippen LogP contribution in [0, 0.1) is 6.92 Å². The van der Waals surface area contributed by atoms with Crippen LogP contribution in [-0.4, -0.2) is 22.0 Å². The number of aromatic nitrogens is 2. The zero-order valence-corrected chi connectivity index (χ0v) is 9.36. The molecule has 1 heterocycles. The van der Waals surface area contributed by atoms with E-state index in [1.807, 2.05) is 0 Å². The van der Waals surface area contributed by atoms with Gasteiger partial charge in [0.25, 0.3) is 5.91 Å². The molecule has 0 aliphatic rings. The molecule has 1 amide bonds. The number of hydrogen-bond donors (Lipinski definition) is 1. The van der Waals surface area contributed by atoms with Gasteiger partial charge in [0.2, 0.25) is 0 Å². The molecule has 1 aromatic heterocycles. The maximum absolute atomic E-state index is 11.5. The first-order valence-corrected chi connectivity index (χ1v) is 5.60. The van der Waals surface area contributed by atoms with E-state index in [0.717, 1.165) is 37.3 Å². The largest absolute Gasteiger partial charge is 0.351 e. The summed E-state index contributed by atoms with van der Waals surface area (Å²) in [6.45, 7) is 4.67. The highest BCUT2D eigenvalue weighted by Gasteiger charge is 2.11. The van der Waals surface area contributed by atoms with Crippen molar-refractivity contribution in [3.8, 4) is 0 Å². The summed E-state index contributed by atoms with van der Waals surface area (Å²) in [5.41, 5.74) is 0.711. The van der Waals surface area contributed by atoms with Crippen molar-refractivity contribution < 1.29 is 4.79 Å². The van der Waals surface area contributed by atoms with E-state index in [2.05, 4.69) is 21.8 Å². The van der Waals surface area contributed by atoms with Crippen molar-refractivity contribution in [1.29, 1.82) is 0 Å². The predicted octanol–water partition coefficient (Wildman–Crippen LogP) is 1.77. The molecule has 78 valence electrons. The minimum absolute atomic E-state index is 0.0476. The first kappa shape index (κ1) is 11.1. The average molecular weight is 213 g/mol. The topological polar surface area (TPSA) is 54.9 Å². The zero-order chi connectivity index (χ0) is 10.4. The smallest absolute Gasteiger partial charge is 0.264 e. The molecule has 1 aromatic rings. The number of amides is 1. The molecule has 0 aliphatic carbocycles. The van der Waals surface area contributed by atoms with Crippen molar-refractivity contribution in [2.24, 2.45) is 0 Å². The minimum atomic E-state index is -0.0476. The molecule has 14 heavy (non-hydrogen) atoms. The van der Waals surface area contributed by atoms with Crippen molar-refractivity contribution in [1.82, 2.24) is 14.9 Å². The van der Waals surface area contributed by atoms with Gasteiger partial charge in [0, 0.05) is 6.54 Å². The number of carbonyl (C=O) groups excluding carboxylic acids is 1. The molecule has 1 rings (SSSR count). The first-order valence-electron chi connectivity index (χ1n) is 4.83. The zero-order valence-electron chi connectivity index (χ0n) is 8.54. The molecule has 0 aromatic carbocycles. The summed E-state index contributed by atoms with van der Waals surface area (Å²) in [6, 6.07) is 0. The third-order valence-electron chi connectivity index (χ3n) is 1.92. The maximum Gasteiger partial charge on any atom is 0.264 e. The van der Waals surface area contributed by atoms with E-state index in [-0.39, 0.29) is 5.91 Å². The molecule has 0 saturated carbocycles. The van der Waals surface area contributed by atoms with E-state index in [0.29, 0.717) is 10.6 Å². The fourth-order valence-corrected chi connectivity index (χ4v) is 1.67. The van der Waals surface area contributed by atoms with E-state index >= 15 is 0 Å². The third kappa shape index (κ3) is 3.06. The standard InChI is InChI=1S/C9H15N3OS/c1-3-4-5-6-10-9(13)8-7(2)11-12-14-8/h3-6H2,1-2H3,(H,10,13). The molecule has 1 N–H and O–H groups in total. The Morgan fingerprint density at radius 2 is 2.29 bits per heavy atom. The fraction of sp³-hybridized carbons (Fsp3) is 0.667. The Morgan fingerprint density at radius 1 is 1.50 bits per heavy atom. The molecule has 0 unspecified atom stereocenters. The molecule has 0 atom stereocenters. The molecular formula is C9H15N3OS. The van der Waals surface area contributed by atoms with Gasteiger partial charge in [-0.05, 0) is 24.9 Å². The molecule has 0 fully saturated rings. The van der Waals surface area contributed by atoms with Crippen LogP contribution in [-0.2, 0) is 0 Å². The van der Waals surface area contributed by atoms with E-state index in [1.54, 1.807) is 6.92 Å². The lowest BCUT2D eigenvalue weighted by molar-refractivity contribution is 0.0956. The Hall–Kier alpha value is -0.970. The lowest BCUT2D eigenvalue weighted by atomic mass is 10.2. The SMILES string of the molecule is CCCCCNC(=O)c1snnc1C. The number of hydrogen-bond acceptors (Lipinski definition) is 4. The normalized spacial score (nSPS) is 10.1. The van der Waals surface area contributed by atoms with E-state index in [9.17, 15) is 4.79 Å². The van der Waals surface area contributed by atoms with Gasteiger partial charge < -0.3 is 5.32 Å². The minimum Gasteiger partial charge on any atom is -0.351 e. The Kier molecular flexibility index (Phi) is 4.52. The number of nitrogens with one attached hydrogen (secondary N) is 1. The molecule has 0 spiro atoms. The Morgan fingerprint density at radius 3 is 2.86 bits per heavy atom. The van der Waals surface area contributed by atoms with Crippen molar-refractivity contribution in [3.05, 3.63) is 10.6 Å². The van der Waals surface area contributed by atoms with Gasteiger partial charge in [0.1, 0.15) is 4.88 Å². The lowest BCUT2D eigenvalue weighted by Gasteiger charge is -2.01. The number of carbonyl (C=O) groups is 1. The molecular weight excluding hydrogens is 198 g/mol. The van der Waals surface area contributed by atoms with Crippen LogP contribution < -0.4 is 5.32 Å². The summed E-state index contributed by atoms with van der Waals surface area (Å²) in [4.78, 5) is 12.1. The van der Waals surface area contributed by atoms with Crippen LogP contribution >= 0.6 is 11.5 Å².